The molecule has 0 saturated carbocycles. The minimum Gasteiger partial charge on any atom is -0.494 e. The summed E-state index contributed by atoms with van der Waals surface area (Å²) in [6, 6.07) is 10.9. The largest absolute Gasteiger partial charge is 0.494 e. The number of hydrogen-bond donors (Lipinski definition) is 3. The number of methoxy groups -OCH3 is 1. The first-order valence-electron chi connectivity index (χ1n) is 21.8. The minimum absolute atomic E-state index is 0.0531. The van der Waals surface area contributed by atoms with E-state index in [1.54, 1.807) is 39.0 Å². The Balaban J connectivity index is 0.848. The normalized spacial score (nSPS) is 18.0. The van der Waals surface area contributed by atoms with Gasteiger partial charge in [0.05, 0.1) is 52.4 Å². The van der Waals surface area contributed by atoms with Crippen molar-refractivity contribution in [3.63, 3.8) is 0 Å². The van der Waals surface area contributed by atoms with Crippen LogP contribution in [0.25, 0.3) is 11.0 Å². The number of likely N-dealkylation sites (tertiary alicyclic amines) is 1. The number of carbonyl (C=O) groups is 2. The lowest BCUT2D eigenvalue weighted by Crippen LogP contribution is -2.49. The molecule has 1 unspecified atom stereocenters. The van der Waals surface area contributed by atoms with Crippen LogP contribution in [0, 0.1) is 11.6 Å². The van der Waals surface area contributed by atoms with Crippen molar-refractivity contribution in [1.82, 2.24) is 30.2 Å². The van der Waals surface area contributed by atoms with Crippen molar-refractivity contribution < 1.29 is 32.4 Å². The van der Waals surface area contributed by atoms with Gasteiger partial charge in [-0.1, -0.05) is 6.92 Å². The molecule has 3 fully saturated rings. The summed E-state index contributed by atoms with van der Waals surface area (Å²) in [6.45, 7) is 9.61. The van der Waals surface area contributed by atoms with E-state index in [1.165, 1.54) is 17.7 Å². The molecule has 14 nitrogen and oxygen atoms in total. The number of benzene rings is 3. The van der Waals surface area contributed by atoms with Crippen molar-refractivity contribution in [2.24, 2.45) is 0 Å². The molecule has 0 bridgehead atoms. The highest BCUT2D eigenvalue weighted by atomic mass is 79.9. The Kier molecular flexibility index (Phi) is 13.9. The third kappa shape index (κ3) is 10.1. The van der Waals surface area contributed by atoms with E-state index >= 15 is 8.78 Å². The molecule has 2 amide bonds. The second kappa shape index (κ2) is 19.6. The van der Waals surface area contributed by atoms with Crippen LogP contribution in [0.1, 0.15) is 68.1 Å². The Labute approximate surface area is 379 Å². The number of ether oxygens (including phenoxy) is 2. The Bertz CT molecular complexity index is 2580. The van der Waals surface area contributed by atoms with Crippen LogP contribution in [0.2, 0.25) is 0 Å². The van der Waals surface area contributed by atoms with E-state index in [0.29, 0.717) is 68.6 Å². The fraction of sp³-hybridized carbons (Fsp3) is 0.435. The maximum absolute atomic E-state index is 15.0. The van der Waals surface area contributed by atoms with Crippen molar-refractivity contribution in [1.29, 1.82) is 0 Å². The molecule has 5 aromatic rings. The zero-order chi connectivity index (χ0) is 45.1. The average Bonchev–Trinajstić information content (AvgIpc) is 3.27. The predicted octanol–water partition coefficient (Wildman–Crippen LogP) is 7.98. The van der Waals surface area contributed by atoms with Crippen molar-refractivity contribution in [2.45, 2.75) is 76.4 Å². The highest BCUT2D eigenvalue weighted by Gasteiger charge is 2.33. The van der Waals surface area contributed by atoms with E-state index in [9.17, 15) is 14.2 Å². The van der Waals surface area contributed by atoms with Crippen molar-refractivity contribution in [3.05, 3.63) is 87.8 Å². The number of nitrogens with one attached hydrogen (secondary N) is 3. The quantitative estimate of drug-likeness (QED) is 0.0726. The number of fused-ring (bicyclic) bond motifs is 1. The number of rotatable bonds is 14. The summed E-state index contributed by atoms with van der Waals surface area (Å²) in [4.78, 5) is 47.0. The van der Waals surface area contributed by atoms with Gasteiger partial charge in [-0.3, -0.25) is 24.9 Å². The van der Waals surface area contributed by atoms with Gasteiger partial charge in [0.25, 0.3) is 0 Å². The van der Waals surface area contributed by atoms with E-state index in [-0.39, 0.29) is 24.5 Å². The maximum Gasteiger partial charge on any atom is 0.234 e. The molecule has 5 heterocycles. The predicted molar refractivity (Wildman–Crippen MR) is 248 cm³/mol. The molecule has 1 atom stereocenters. The Morgan fingerprint density at radius 3 is 2.34 bits per heavy atom. The number of carbonyl (C=O) groups excluding carboxylic acids is 2. The first kappa shape index (κ1) is 45.5. The van der Waals surface area contributed by atoms with E-state index < -0.39 is 36.5 Å². The molecule has 3 saturated heterocycles. The van der Waals surface area contributed by atoms with Gasteiger partial charge in [-0.05, 0) is 116 Å². The minimum atomic E-state index is -2.79. The Morgan fingerprint density at radius 1 is 0.922 bits per heavy atom. The SMILES string of the molecule is CCc1cc(Nc2ncc(Br)c(Nc3ccc4nccnc4c3P(C)(C)=O)n2)c(OC)cc1N1CCC(N2CCC(OCCc3cc(F)c(C4CCC(=O)NC4=O)c(F)c3)CC2)CC1. The number of halogens is 3. The summed E-state index contributed by atoms with van der Waals surface area (Å²) in [5, 5.41) is 9.52. The fourth-order valence-corrected chi connectivity index (χ4v) is 10.9. The van der Waals surface area contributed by atoms with Crippen LogP contribution in [0.15, 0.2) is 59.5 Å². The molecular weight excluding hydrogens is 907 g/mol. The van der Waals surface area contributed by atoms with Gasteiger partial charge in [-0.25, -0.2) is 13.8 Å². The molecule has 64 heavy (non-hydrogen) atoms. The zero-order valence-corrected chi connectivity index (χ0v) is 38.9. The van der Waals surface area contributed by atoms with E-state index in [1.807, 2.05) is 12.1 Å². The highest BCUT2D eigenvalue weighted by molar-refractivity contribution is 9.10. The van der Waals surface area contributed by atoms with Crippen LogP contribution in [0.4, 0.5) is 37.6 Å². The van der Waals surface area contributed by atoms with Crippen LogP contribution >= 0.6 is 23.1 Å². The molecule has 8 rings (SSSR count). The maximum atomic E-state index is 15.0. The van der Waals surface area contributed by atoms with E-state index in [2.05, 4.69) is 75.7 Å². The molecule has 18 heteroatoms. The average molecular weight is 961 g/mol. The number of nitrogens with zero attached hydrogens (tertiary/aromatic N) is 6. The first-order valence-corrected chi connectivity index (χ1v) is 25.2. The molecule has 3 N–H and O–H groups in total. The van der Waals surface area contributed by atoms with Crippen LogP contribution in [-0.2, 0) is 31.7 Å². The molecule has 0 spiro atoms. The molecule has 0 radical (unpaired) electrons. The van der Waals surface area contributed by atoms with Crippen LogP contribution < -0.4 is 30.9 Å². The monoisotopic (exact) mass is 959 g/mol. The lowest BCUT2D eigenvalue weighted by molar-refractivity contribution is -0.134. The second-order valence-corrected chi connectivity index (χ2v) is 21.0. The number of aryl methyl sites for hydroxylation is 1. The number of imide groups is 1. The van der Waals surface area contributed by atoms with Crippen molar-refractivity contribution in [2.75, 3.05) is 68.8 Å². The fourth-order valence-electron chi connectivity index (χ4n) is 9.19. The topological polar surface area (TPSA) is 164 Å². The van der Waals surface area contributed by atoms with E-state index in [4.69, 9.17) is 14.5 Å². The summed E-state index contributed by atoms with van der Waals surface area (Å²) in [6.07, 6.45) is 10.1. The zero-order valence-electron chi connectivity index (χ0n) is 36.4. The summed E-state index contributed by atoms with van der Waals surface area (Å²) >= 11 is 3.58. The van der Waals surface area contributed by atoms with Gasteiger partial charge >= 0.3 is 0 Å². The van der Waals surface area contributed by atoms with Gasteiger partial charge in [-0.2, -0.15) is 4.98 Å². The molecule has 3 aliphatic rings. The number of piperidine rings is 3. The number of hydrogen-bond acceptors (Lipinski definition) is 13. The number of aromatic nitrogens is 4. The summed E-state index contributed by atoms with van der Waals surface area (Å²) in [5.74, 6) is -2.12. The van der Waals surface area contributed by atoms with Gasteiger partial charge in [-0.15, -0.1) is 0 Å². The molecule has 2 aromatic heterocycles. The number of anilines is 5. The highest BCUT2D eigenvalue weighted by Crippen LogP contribution is 2.42. The third-order valence-corrected chi connectivity index (χ3v) is 14.6. The summed E-state index contributed by atoms with van der Waals surface area (Å²) < 4.78 is 56.3. The standard InChI is InChI=1S/C46H53BrF2N9O5P/c1-5-28-24-37(54-46-52-26-32(47)44(56-46)53-36-8-7-35-42(51-16-15-50-35)43(36)64(3,4)61)39(62-2)25-38(28)58-17-10-29(11-18-58)57-19-12-30(13-20-57)63-21-14-27-22-33(48)41(34(49)23-27)31-6-9-40(59)55-45(31)60/h7-8,15-16,22-26,29-31H,5-6,9-14,17-21H2,1-4H3,(H,55,59,60)(H2,52,53,54,56). The van der Waals surface area contributed by atoms with Crippen LogP contribution in [0.5, 0.6) is 5.75 Å². The smallest absolute Gasteiger partial charge is 0.234 e. The number of amides is 2. The van der Waals surface area contributed by atoms with Crippen molar-refractivity contribution in [3.8, 4) is 5.75 Å². The molecule has 338 valence electrons. The van der Waals surface area contributed by atoms with Crippen molar-refractivity contribution >= 4 is 80.1 Å². The first-order chi connectivity index (χ1) is 30.8. The molecule has 0 aliphatic carbocycles. The van der Waals surface area contributed by atoms with Gasteiger partial charge in [0.1, 0.15) is 35.9 Å². The van der Waals surface area contributed by atoms with Gasteiger partial charge in [0, 0.05) is 74.5 Å². The lowest BCUT2D eigenvalue weighted by atomic mass is 9.89. The van der Waals surface area contributed by atoms with Gasteiger partial charge < -0.3 is 34.5 Å². The van der Waals surface area contributed by atoms with Gasteiger partial charge in [0.15, 0.2) is 0 Å². The van der Waals surface area contributed by atoms with Gasteiger partial charge in [0.2, 0.25) is 17.8 Å². The molecule has 3 aliphatic heterocycles. The summed E-state index contributed by atoms with van der Waals surface area (Å²) in [5.41, 5.74) is 5.14. The van der Waals surface area contributed by atoms with Crippen LogP contribution in [-0.4, -0.2) is 102 Å². The second-order valence-electron chi connectivity index (χ2n) is 17.0. The lowest BCUT2D eigenvalue weighted by Gasteiger charge is -2.42. The third-order valence-electron chi connectivity index (χ3n) is 12.4. The Hall–Kier alpha value is -5.09. The summed E-state index contributed by atoms with van der Waals surface area (Å²) in [7, 11) is -1.13. The van der Waals surface area contributed by atoms with E-state index in [0.717, 1.165) is 69.7 Å². The Morgan fingerprint density at radius 2 is 1.66 bits per heavy atom. The van der Waals surface area contributed by atoms with Crippen LogP contribution in [0.3, 0.4) is 0 Å². The molecule has 3 aromatic carbocycles. The molecular formula is C46H53BrF2N9O5P.